The van der Waals surface area contributed by atoms with Crippen LogP contribution in [0.25, 0.3) is 11.4 Å². The Morgan fingerprint density at radius 1 is 1.17 bits per heavy atom. The zero-order chi connectivity index (χ0) is 21.0. The normalized spacial score (nSPS) is 12.1. The summed E-state index contributed by atoms with van der Waals surface area (Å²) >= 11 is 0. The van der Waals surface area contributed by atoms with Gasteiger partial charge in [0, 0.05) is 11.3 Å². The van der Waals surface area contributed by atoms with Gasteiger partial charge < -0.3 is 15.8 Å². The summed E-state index contributed by atoms with van der Waals surface area (Å²) in [5.74, 6) is 2.11. The fourth-order valence-corrected chi connectivity index (χ4v) is 3.09. The first kappa shape index (κ1) is 20.5. The van der Waals surface area contributed by atoms with Crippen molar-refractivity contribution in [2.24, 2.45) is 5.73 Å². The molecular weight excluding hydrogens is 366 g/mol. The van der Waals surface area contributed by atoms with Crippen molar-refractivity contribution in [3.8, 4) is 17.1 Å². The number of hydrogen-bond acceptors (Lipinski definition) is 5. The van der Waals surface area contributed by atoms with Crippen molar-refractivity contribution in [2.45, 2.75) is 46.3 Å². The van der Waals surface area contributed by atoms with Gasteiger partial charge in [0.2, 0.25) is 0 Å². The average Bonchev–Trinajstić information content (AvgIpc) is 3.17. The van der Waals surface area contributed by atoms with Crippen LogP contribution >= 0.6 is 0 Å². The van der Waals surface area contributed by atoms with Gasteiger partial charge in [-0.25, -0.2) is 4.98 Å². The summed E-state index contributed by atoms with van der Waals surface area (Å²) in [6.45, 7) is 8.41. The van der Waals surface area contributed by atoms with Gasteiger partial charge in [-0.3, -0.25) is 9.89 Å². The summed E-state index contributed by atoms with van der Waals surface area (Å²) in [4.78, 5) is 16.8. The van der Waals surface area contributed by atoms with E-state index in [0.717, 1.165) is 11.1 Å². The molecule has 2 aromatic carbocycles. The minimum Gasteiger partial charge on any atom is -0.481 e. The van der Waals surface area contributed by atoms with Crippen molar-refractivity contribution in [1.29, 1.82) is 0 Å². The standard InChI is InChI=1S/C22H27N5O2/c1-13(2)19-10-9-18(11-14(19)3)29-15(4)22(28)24-17-7-5-16(6-8-17)21-25-20(12-23)26-27-21/h5-11,13,15H,12,23H2,1-4H3,(H,24,28)(H,25,26,27). The van der Waals surface area contributed by atoms with Crippen molar-refractivity contribution in [2.75, 3.05) is 5.32 Å². The topological polar surface area (TPSA) is 106 Å². The van der Waals surface area contributed by atoms with E-state index in [-0.39, 0.29) is 5.91 Å². The lowest BCUT2D eigenvalue weighted by atomic mass is 9.98. The van der Waals surface area contributed by atoms with E-state index in [4.69, 9.17) is 10.5 Å². The van der Waals surface area contributed by atoms with E-state index in [2.05, 4.69) is 47.3 Å². The molecule has 29 heavy (non-hydrogen) atoms. The first-order valence-electron chi connectivity index (χ1n) is 9.67. The molecule has 0 aliphatic rings. The lowest BCUT2D eigenvalue weighted by Gasteiger charge is -2.17. The molecule has 0 saturated carbocycles. The summed E-state index contributed by atoms with van der Waals surface area (Å²) in [5.41, 5.74) is 9.49. The Balaban J connectivity index is 1.61. The van der Waals surface area contributed by atoms with Crippen LogP contribution in [0.2, 0.25) is 0 Å². The molecule has 0 bridgehead atoms. The van der Waals surface area contributed by atoms with Crippen LogP contribution in [0, 0.1) is 6.92 Å². The van der Waals surface area contributed by atoms with E-state index in [9.17, 15) is 4.79 Å². The first-order valence-corrected chi connectivity index (χ1v) is 9.67. The molecular formula is C22H27N5O2. The second-order valence-electron chi connectivity index (χ2n) is 7.31. The molecule has 1 aromatic heterocycles. The lowest BCUT2D eigenvalue weighted by Crippen LogP contribution is -2.30. The van der Waals surface area contributed by atoms with E-state index in [1.807, 2.05) is 24.3 Å². The number of aromatic amines is 1. The number of nitrogens with two attached hydrogens (primary N) is 1. The Morgan fingerprint density at radius 3 is 2.48 bits per heavy atom. The number of aryl methyl sites for hydroxylation is 1. The molecule has 0 radical (unpaired) electrons. The van der Waals surface area contributed by atoms with Gasteiger partial charge >= 0.3 is 0 Å². The second-order valence-corrected chi connectivity index (χ2v) is 7.31. The number of carbonyl (C=O) groups is 1. The highest BCUT2D eigenvalue weighted by Crippen LogP contribution is 2.24. The fraction of sp³-hybridized carbons (Fsp3) is 0.318. The van der Waals surface area contributed by atoms with E-state index >= 15 is 0 Å². The summed E-state index contributed by atoms with van der Waals surface area (Å²) < 4.78 is 5.82. The van der Waals surface area contributed by atoms with Crippen LogP contribution in [-0.2, 0) is 11.3 Å². The number of benzene rings is 2. The Kier molecular flexibility index (Phi) is 6.29. The minimum atomic E-state index is -0.626. The molecule has 0 aliphatic carbocycles. The third kappa shape index (κ3) is 5.00. The SMILES string of the molecule is Cc1cc(OC(C)C(=O)Nc2ccc(-c3n[nH]c(CN)n3)cc2)ccc1C(C)C. The van der Waals surface area contributed by atoms with Crippen molar-refractivity contribution < 1.29 is 9.53 Å². The highest BCUT2D eigenvalue weighted by molar-refractivity contribution is 5.94. The zero-order valence-electron chi connectivity index (χ0n) is 17.2. The van der Waals surface area contributed by atoms with E-state index in [1.165, 1.54) is 5.56 Å². The van der Waals surface area contributed by atoms with Gasteiger partial charge in [-0.1, -0.05) is 19.9 Å². The number of ether oxygens (including phenoxy) is 1. The van der Waals surface area contributed by atoms with Gasteiger partial charge in [0.15, 0.2) is 11.9 Å². The molecule has 1 heterocycles. The minimum absolute atomic E-state index is 0.216. The smallest absolute Gasteiger partial charge is 0.265 e. The van der Waals surface area contributed by atoms with Crippen LogP contribution in [-0.4, -0.2) is 27.2 Å². The predicted octanol–water partition coefficient (Wildman–Crippen LogP) is 3.77. The molecule has 0 fully saturated rings. The van der Waals surface area contributed by atoms with Crippen LogP contribution < -0.4 is 15.8 Å². The summed E-state index contributed by atoms with van der Waals surface area (Å²) in [7, 11) is 0. The molecule has 7 heteroatoms. The quantitative estimate of drug-likeness (QED) is 0.567. The van der Waals surface area contributed by atoms with Crippen LogP contribution in [0.4, 0.5) is 5.69 Å². The maximum Gasteiger partial charge on any atom is 0.265 e. The molecule has 1 unspecified atom stereocenters. The van der Waals surface area contributed by atoms with Gasteiger partial charge in [-0.2, -0.15) is 5.10 Å². The monoisotopic (exact) mass is 393 g/mol. The third-order valence-electron chi connectivity index (χ3n) is 4.68. The lowest BCUT2D eigenvalue weighted by molar-refractivity contribution is -0.122. The number of hydrogen-bond donors (Lipinski definition) is 3. The molecule has 4 N–H and O–H groups in total. The summed E-state index contributed by atoms with van der Waals surface area (Å²) in [5, 5.41) is 9.77. The number of anilines is 1. The maximum atomic E-state index is 12.5. The number of H-pyrrole nitrogens is 1. The molecule has 7 nitrogen and oxygen atoms in total. The van der Waals surface area contributed by atoms with Crippen molar-refractivity contribution >= 4 is 11.6 Å². The Morgan fingerprint density at radius 2 is 1.90 bits per heavy atom. The largest absolute Gasteiger partial charge is 0.481 e. The molecule has 1 amide bonds. The zero-order valence-corrected chi connectivity index (χ0v) is 17.2. The molecule has 0 aliphatic heterocycles. The van der Waals surface area contributed by atoms with E-state index in [1.54, 1.807) is 19.1 Å². The van der Waals surface area contributed by atoms with Crippen LogP contribution in [0.3, 0.4) is 0 Å². The first-order chi connectivity index (χ1) is 13.9. The van der Waals surface area contributed by atoms with Crippen molar-refractivity contribution in [3.05, 3.63) is 59.4 Å². The molecule has 1 atom stereocenters. The Labute approximate surface area is 170 Å². The second kappa shape index (κ2) is 8.87. The molecule has 3 rings (SSSR count). The van der Waals surface area contributed by atoms with Crippen LogP contribution in [0.5, 0.6) is 5.75 Å². The average molecular weight is 393 g/mol. The van der Waals surface area contributed by atoms with Crippen LogP contribution in [0.15, 0.2) is 42.5 Å². The van der Waals surface area contributed by atoms with E-state index < -0.39 is 6.10 Å². The molecule has 0 spiro atoms. The van der Waals surface area contributed by atoms with Crippen LogP contribution in [0.1, 0.15) is 43.6 Å². The van der Waals surface area contributed by atoms with Crippen molar-refractivity contribution in [1.82, 2.24) is 15.2 Å². The predicted molar refractivity (Wildman–Crippen MR) is 114 cm³/mol. The maximum absolute atomic E-state index is 12.5. The van der Waals surface area contributed by atoms with E-state index in [0.29, 0.717) is 35.5 Å². The van der Waals surface area contributed by atoms with Gasteiger partial charge in [0.05, 0.1) is 6.54 Å². The molecule has 152 valence electrons. The van der Waals surface area contributed by atoms with Gasteiger partial charge in [-0.05, 0) is 67.3 Å². The number of nitrogens with zero attached hydrogens (tertiary/aromatic N) is 2. The number of rotatable bonds is 7. The molecule has 3 aromatic rings. The third-order valence-corrected chi connectivity index (χ3v) is 4.68. The fourth-order valence-electron chi connectivity index (χ4n) is 3.09. The Hall–Kier alpha value is -3.19. The summed E-state index contributed by atoms with van der Waals surface area (Å²) in [6, 6.07) is 13.2. The molecule has 0 saturated heterocycles. The number of aromatic nitrogens is 3. The number of carbonyl (C=O) groups excluding carboxylic acids is 1. The highest BCUT2D eigenvalue weighted by Gasteiger charge is 2.16. The Bertz CT molecular complexity index is 979. The number of amides is 1. The summed E-state index contributed by atoms with van der Waals surface area (Å²) in [6.07, 6.45) is -0.626. The van der Waals surface area contributed by atoms with Crippen molar-refractivity contribution in [3.63, 3.8) is 0 Å². The van der Waals surface area contributed by atoms with Gasteiger partial charge in [0.25, 0.3) is 5.91 Å². The van der Waals surface area contributed by atoms with Gasteiger partial charge in [-0.15, -0.1) is 0 Å². The van der Waals surface area contributed by atoms with Gasteiger partial charge in [0.1, 0.15) is 11.6 Å². The number of nitrogens with one attached hydrogen (secondary N) is 2. The highest BCUT2D eigenvalue weighted by atomic mass is 16.5.